The van der Waals surface area contributed by atoms with Gasteiger partial charge in [0.05, 0.1) is 6.07 Å². The number of ether oxygens (including phenoxy) is 2. The van der Waals surface area contributed by atoms with Crippen LogP contribution in [0.25, 0.3) is 0 Å². The van der Waals surface area contributed by atoms with Crippen LogP contribution in [0.4, 0.5) is 0 Å². The third-order valence-corrected chi connectivity index (χ3v) is 3.18. The Hall–Kier alpha value is -2.22. The van der Waals surface area contributed by atoms with E-state index in [0.717, 1.165) is 5.56 Å². The molecule has 0 N–H and O–H groups in total. The standard InChI is InChI=1S/C15H18N2O3/c1-15(2,3)14(18)17(4)11(8-16)10-5-6-12-13(7-10)20-9-19-12/h5-7,11H,9H2,1-4H3. The van der Waals surface area contributed by atoms with E-state index in [1.165, 1.54) is 4.90 Å². The number of hydrogen-bond acceptors (Lipinski definition) is 4. The van der Waals surface area contributed by atoms with E-state index in [0.29, 0.717) is 11.5 Å². The molecule has 5 heteroatoms. The lowest BCUT2D eigenvalue weighted by Crippen LogP contribution is -2.38. The number of carbonyl (C=O) groups is 1. The monoisotopic (exact) mass is 274 g/mol. The molecule has 1 unspecified atom stereocenters. The maximum absolute atomic E-state index is 12.3. The van der Waals surface area contributed by atoms with Crippen LogP contribution in [-0.4, -0.2) is 24.6 Å². The summed E-state index contributed by atoms with van der Waals surface area (Å²) in [5.74, 6) is 1.19. The molecule has 1 aromatic rings. The Morgan fingerprint density at radius 1 is 1.35 bits per heavy atom. The van der Waals surface area contributed by atoms with E-state index in [2.05, 4.69) is 6.07 Å². The van der Waals surface area contributed by atoms with Gasteiger partial charge in [0.2, 0.25) is 12.7 Å². The zero-order valence-electron chi connectivity index (χ0n) is 12.1. The van der Waals surface area contributed by atoms with Gasteiger partial charge in [-0.05, 0) is 17.7 Å². The van der Waals surface area contributed by atoms with Crippen LogP contribution in [0.2, 0.25) is 0 Å². The van der Waals surface area contributed by atoms with Crippen molar-refractivity contribution in [3.05, 3.63) is 23.8 Å². The molecule has 0 aliphatic carbocycles. The average molecular weight is 274 g/mol. The zero-order valence-corrected chi connectivity index (χ0v) is 12.1. The van der Waals surface area contributed by atoms with Gasteiger partial charge in [0, 0.05) is 12.5 Å². The molecule has 20 heavy (non-hydrogen) atoms. The van der Waals surface area contributed by atoms with Crippen LogP contribution in [-0.2, 0) is 4.79 Å². The number of nitrogens with zero attached hydrogens (tertiary/aromatic N) is 2. The Morgan fingerprint density at radius 2 is 2.00 bits per heavy atom. The number of rotatable bonds is 2. The van der Waals surface area contributed by atoms with Gasteiger partial charge >= 0.3 is 0 Å². The van der Waals surface area contributed by atoms with Crippen LogP contribution in [0.1, 0.15) is 32.4 Å². The number of amides is 1. The Balaban J connectivity index is 2.29. The molecule has 0 spiro atoms. The normalized spacial score (nSPS) is 14.6. The first-order valence-electron chi connectivity index (χ1n) is 6.41. The van der Waals surface area contributed by atoms with E-state index < -0.39 is 11.5 Å². The summed E-state index contributed by atoms with van der Waals surface area (Å²) in [4.78, 5) is 13.8. The molecular weight excluding hydrogens is 256 g/mol. The van der Waals surface area contributed by atoms with Gasteiger partial charge in [-0.2, -0.15) is 5.26 Å². The SMILES string of the molecule is CN(C(=O)C(C)(C)C)C(C#N)c1ccc2c(c1)OCO2. The average Bonchev–Trinajstić information content (AvgIpc) is 2.84. The van der Waals surface area contributed by atoms with Crippen LogP contribution < -0.4 is 9.47 Å². The molecule has 1 heterocycles. The minimum atomic E-state index is -0.642. The van der Waals surface area contributed by atoms with Gasteiger partial charge in [-0.3, -0.25) is 4.79 Å². The van der Waals surface area contributed by atoms with Gasteiger partial charge in [0.15, 0.2) is 11.5 Å². The van der Waals surface area contributed by atoms with Crippen molar-refractivity contribution in [2.75, 3.05) is 13.8 Å². The van der Waals surface area contributed by atoms with Crippen LogP contribution >= 0.6 is 0 Å². The molecule has 1 aromatic carbocycles. The van der Waals surface area contributed by atoms with E-state index in [9.17, 15) is 10.1 Å². The van der Waals surface area contributed by atoms with Crippen molar-refractivity contribution in [2.24, 2.45) is 5.41 Å². The summed E-state index contributed by atoms with van der Waals surface area (Å²) in [5, 5.41) is 9.40. The molecule has 0 saturated carbocycles. The third kappa shape index (κ3) is 2.55. The molecule has 0 radical (unpaired) electrons. The van der Waals surface area contributed by atoms with E-state index in [1.54, 1.807) is 25.2 Å². The van der Waals surface area contributed by atoms with Crippen LogP contribution in [0, 0.1) is 16.7 Å². The largest absolute Gasteiger partial charge is 0.454 e. The number of fused-ring (bicyclic) bond motifs is 1. The van der Waals surface area contributed by atoms with Crippen LogP contribution in [0.15, 0.2) is 18.2 Å². The highest BCUT2D eigenvalue weighted by atomic mass is 16.7. The van der Waals surface area contributed by atoms with Gasteiger partial charge in [0.25, 0.3) is 0 Å². The molecule has 2 rings (SSSR count). The van der Waals surface area contributed by atoms with Crippen LogP contribution in [0.5, 0.6) is 11.5 Å². The maximum atomic E-state index is 12.3. The van der Waals surface area contributed by atoms with Crippen molar-refractivity contribution in [1.82, 2.24) is 4.90 Å². The molecule has 1 atom stereocenters. The fourth-order valence-electron chi connectivity index (χ4n) is 2.11. The van der Waals surface area contributed by atoms with E-state index >= 15 is 0 Å². The summed E-state index contributed by atoms with van der Waals surface area (Å²) in [6.07, 6.45) is 0. The summed E-state index contributed by atoms with van der Waals surface area (Å²) < 4.78 is 10.5. The number of benzene rings is 1. The number of carbonyl (C=O) groups excluding carboxylic acids is 1. The van der Waals surface area contributed by atoms with Crippen molar-refractivity contribution in [3.63, 3.8) is 0 Å². The predicted molar refractivity (Wildman–Crippen MR) is 73.1 cm³/mol. The van der Waals surface area contributed by atoms with Gasteiger partial charge < -0.3 is 14.4 Å². The second-order valence-electron chi connectivity index (χ2n) is 5.81. The minimum absolute atomic E-state index is 0.0817. The first kappa shape index (κ1) is 14.2. The molecule has 0 aromatic heterocycles. The molecule has 1 amide bonds. The van der Waals surface area contributed by atoms with Gasteiger partial charge in [-0.1, -0.05) is 26.8 Å². The zero-order chi connectivity index (χ0) is 14.9. The summed E-state index contributed by atoms with van der Waals surface area (Å²) in [6, 6.07) is 6.83. The van der Waals surface area contributed by atoms with Crippen molar-refractivity contribution in [2.45, 2.75) is 26.8 Å². The molecule has 0 saturated heterocycles. The van der Waals surface area contributed by atoms with Gasteiger partial charge in [0.1, 0.15) is 6.04 Å². The highest BCUT2D eigenvalue weighted by Gasteiger charge is 2.31. The van der Waals surface area contributed by atoms with Crippen molar-refractivity contribution >= 4 is 5.91 Å². The van der Waals surface area contributed by atoms with Crippen molar-refractivity contribution < 1.29 is 14.3 Å². The highest BCUT2D eigenvalue weighted by Crippen LogP contribution is 2.35. The smallest absolute Gasteiger partial charge is 0.231 e. The van der Waals surface area contributed by atoms with E-state index in [-0.39, 0.29) is 12.7 Å². The van der Waals surface area contributed by atoms with Gasteiger partial charge in [-0.25, -0.2) is 0 Å². The Morgan fingerprint density at radius 3 is 2.60 bits per heavy atom. The van der Waals surface area contributed by atoms with Crippen LogP contribution in [0.3, 0.4) is 0 Å². The molecule has 0 bridgehead atoms. The molecule has 106 valence electrons. The predicted octanol–water partition coefficient (Wildman–Crippen LogP) is 2.48. The number of nitriles is 1. The van der Waals surface area contributed by atoms with Gasteiger partial charge in [-0.15, -0.1) is 0 Å². The summed E-state index contributed by atoms with van der Waals surface area (Å²) in [5.41, 5.74) is 0.192. The fourth-order valence-corrected chi connectivity index (χ4v) is 2.11. The molecule has 1 aliphatic rings. The molecule has 0 fully saturated rings. The van der Waals surface area contributed by atoms with E-state index in [1.807, 2.05) is 20.8 Å². The van der Waals surface area contributed by atoms with Crippen molar-refractivity contribution in [3.8, 4) is 17.6 Å². The summed E-state index contributed by atoms with van der Waals surface area (Å²) in [6.45, 7) is 5.69. The lowest BCUT2D eigenvalue weighted by Gasteiger charge is -2.29. The second kappa shape index (κ2) is 5.04. The fraction of sp³-hybridized carbons (Fsp3) is 0.467. The topological polar surface area (TPSA) is 62.6 Å². The highest BCUT2D eigenvalue weighted by molar-refractivity contribution is 5.82. The Bertz CT molecular complexity index is 569. The summed E-state index contributed by atoms with van der Waals surface area (Å²) >= 11 is 0. The Kier molecular flexibility index (Phi) is 3.58. The minimum Gasteiger partial charge on any atom is -0.454 e. The van der Waals surface area contributed by atoms with Crippen molar-refractivity contribution in [1.29, 1.82) is 5.26 Å². The number of hydrogen-bond donors (Lipinski definition) is 0. The molecular formula is C15H18N2O3. The van der Waals surface area contributed by atoms with E-state index in [4.69, 9.17) is 9.47 Å². The lowest BCUT2D eigenvalue weighted by molar-refractivity contribution is -0.139. The molecule has 5 nitrogen and oxygen atoms in total. The third-order valence-electron chi connectivity index (χ3n) is 3.18. The maximum Gasteiger partial charge on any atom is 0.231 e. The summed E-state index contributed by atoms with van der Waals surface area (Å²) in [7, 11) is 1.64. The Labute approximate surface area is 118 Å². The first-order chi connectivity index (χ1) is 9.34. The second-order valence-corrected chi connectivity index (χ2v) is 5.81. The first-order valence-corrected chi connectivity index (χ1v) is 6.41. The lowest BCUT2D eigenvalue weighted by atomic mass is 9.93. The quantitative estimate of drug-likeness (QED) is 0.831. The molecule has 1 aliphatic heterocycles.